The van der Waals surface area contributed by atoms with Crippen LogP contribution in [0.2, 0.25) is 0 Å². The van der Waals surface area contributed by atoms with Gasteiger partial charge in [0.15, 0.2) is 0 Å². The van der Waals surface area contributed by atoms with Gasteiger partial charge >= 0.3 is 28.7 Å². The van der Waals surface area contributed by atoms with E-state index in [0.717, 1.165) is 32.1 Å². The first-order chi connectivity index (χ1) is 15.9. The highest BCUT2D eigenvalue weighted by Gasteiger charge is 3.02. The van der Waals surface area contributed by atoms with Gasteiger partial charge < -0.3 is 5.11 Å². The van der Waals surface area contributed by atoms with Crippen molar-refractivity contribution in [3.05, 3.63) is 0 Å². The SMILES string of the molecule is CCCCCCCCCCCCC1(F)C(F)(F)C(F)(F)C(F)(S(=O)(=O)NCCO)C(F)(F)C1(F)F. The molecule has 1 aliphatic rings. The number of hydrogen-bond donors (Lipinski definition) is 2. The van der Waals surface area contributed by atoms with Gasteiger partial charge in [-0.15, -0.1) is 0 Å². The van der Waals surface area contributed by atoms with Gasteiger partial charge in [-0.3, -0.25) is 0 Å². The van der Waals surface area contributed by atoms with Crippen molar-refractivity contribution in [2.75, 3.05) is 13.2 Å². The number of rotatable bonds is 15. The first-order valence-electron chi connectivity index (χ1n) is 11.4. The molecule has 0 aromatic heterocycles. The highest BCUT2D eigenvalue weighted by molar-refractivity contribution is 7.90. The number of aliphatic hydroxyl groups excluding tert-OH is 1. The molecule has 4 nitrogen and oxygen atoms in total. The highest BCUT2D eigenvalue weighted by atomic mass is 32.2. The maximum absolute atomic E-state index is 15.0. The molecule has 1 saturated carbocycles. The van der Waals surface area contributed by atoms with Crippen molar-refractivity contribution in [2.45, 2.75) is 112 Å². The molecule has 210 valence electrons. The lowest BCUT2D eigenvalue weighted by molar-refractivity contribution is -0.444. The standard InChI is InChI=1S/C20H31F10NO3S/c1-2-3-4-5-6-7-8-9-10-11-12-15(21)16(22,23)18(26,27)20(30,19(28,29)17(15,24)25)35(33,34)31-13-14-32/h31-32H,2-14H2,1H3. The molecule has 0 atom stereocenters. The van der Waals surface area contributed by atoms with Crippen molar-refractivity contribution in [3.63, 3.8) is 0 Å². The number of nitrogens with one attached hydrogen (secondary N) is 1. The van der Waals surface area contributed by atoms with E-state index in [1.807, 2.05) is 6.92 Å². The van der Waals surface area contributed by atoms with Gasteiger partial charge in [0.05, 0.1) is 6.61 Å². The monoisotopic (exact) mass is 555 g/mol. The van der Waals surface area contributed by atoms with E-state index >= 15 is 0 Å². The van der Waals surface area contributed by atoms with Crippen LogP contribution in [0.1, 0.15) is 77.6 Å². The van der Waals surface area contributed by atoms with Crippen molar-refractivity contribution in [1.82, 2.24) is 4.72 Å². The summed E-state index contributed by atoms with van der Waals surface area (Å²) in [5, 5.41) is 1.57. The van der Waals surface area contributed by atoms with Gasteiger partial charge in [-0.2, -0.15) is 35.1 Å². The van der Waals surface area contributed by atoms with E-state index in [4.69, 9.17) is 5.11 Å². The second-order valence-corrected chi connectivity index (χ2v) is 10.6. The molecule has 0 aromatic rings. The molecule has 1 rings (SSSR count). The fourth-order valence-electron chi connectivity index (χ4n) is 4.08. The van der Waals surface area contributed by atoms with Crippen LogP contribution in [0.5, 0.6) is 0 Å². The normalized spacial score (nSPS) is 29.3. The molecule has 0 heterocycles. The number of aliphatic hydroxyl groups is 1. The molecule has 1 fully saturated rings. The van der Waals surface area contributed by atoms with Gasteiger partial charge in [0.2, 0.25) is 5.67 Å². The second-order valence-electron chi connectivity index (χ2n) is 8.75. The zero-order valence-electron chi connectivity index (χ0n) is 19.1. The molecule has 0 aromatic carbocycles. The van der Waals surface area contributed by atoms with Gasteiger partial charge in [-0.25, -0.2) is 21.9 Å². The summed E-state index contributed by atoms with van der Waals surface area (Å²) < 4.78 is 170. The van der Waals surface area contributed by atoms with Crippen LogP contribution in [0.4, 0.5) is 43.9 Å². The van der Waals surface area contributed by atoms with E-state index in [-0.39, 0.29) is 12.8 Å². The van der Waals surface area contributed by atoms with Gasteiger partial charge in [0.1, 0.15) is 0 Å². The van der Waals surface area contributed by atoms with E-state index in [0.29, 0.717) is 17.6 Å². The van der Waals surface area contributed by atoms with E-state index in [9.17, 15) is 52.3 Å². The minimum Gasteiger partial charge on any atom is -0.395 e. The Morgan fingerprint density at radius 1 is 0.629 bits per heavy atom. The number of hydrogen-bond acceptors (Lipinski definition) is 3. The first-order valence-corrected chi connectivity index (χ1v) is 12.8. The maximum atomic E-state index is 15.0. The fraction of sp³-hybridized carbons (Fsp3) is 1.00. The molecule has 0 amide bonds. The lowest BCUT2D eigenvalue weighted by Crippen LogP contribution is -2.87. The topological polar surface area (TPSA) is 66.4 Å². The van der Waals surface area contributed by atoms with Crippen LogP contribution in [0, 0.1) is 0 Å². The quantitative estimate of drug-likeness (QED) is 0.189. The summed E-state index contributed by atoms with van der Waals surface area (Å²) in [6, 6.07) is 0. The zero-order valence-corrected chi connectivity index (χ0v) is 20.0. The Hall–Kier alpha value is -0.830. The summed E-state index contributed by atoms with van der Waals surface area (Å²) in [5.74, 6) is -27.9. The maximum Gasteiger partial charge on any atom is 0.369 e. The Bertz CT molecular complexity index is 764. The molecule has 35 heavy (non-hydrogen) atoms. The predicted molar refractivity (Wildman–Crippen MR) is 108 cm³/mol. The third kappa shape index (κ3) is 5.01. The van der Waals surface area contributed by atoms with E-state index in [1.54, 1.807) is 0 Å². The zero-order chi connectivity index (χ0) is 27.4. The summed E-state index contributed by atoms with van der Waals surface area (Å²) in [6.07, 6.45) is 2.79. The van der Waals surface area contributed by atoms with Crippen molar-refractivity contribution >= 4 is 10.0 Å². The molecule has 1 aliphatic carbocycles. The van der Waals surface area contributed by atoms with Gasteiger partial charge in [-0.1, -0.05) is 64.7 Å². The highest BCUT2D eigenvalue weighted by Crippen LogP contribution is 2.71. The molecule has 0 saturated heterocycles. The lowest BCUT2D eigenvalue weighted by Gasteiger charge is -2.54. The Labute approximate surface area is 197 Å². The summed E-state index contributed by atoms with van der Waals surface area (Å²) in [5.41, 5.74) is -5.95. The first kappa shape index (κ1) is 32.2. The third-order valence-corrected chi connectivity index (χ3v) is 8.08. The number of unbranched alkanes of at least 4 members (excludes halogenated alkanes) is 9. The molecule has 0 unspecified atom stereocenters. The summed E-state index contributed by atoms with van der Waals surface area (Å²) in [4.78, 5) is 0. The summed E-state index contributed by atoms with van der Waals surface area (Å²) >= 11 is 0. The Morgan fingerprint density at radius 2 is 1.00 bits per heavy atom. The minimum absolute atomic E-state index is 0.195. The van der Waals surface area contributed by atoms with Crippen LogP contribution in [-0.2, 0) is 10.0 Å². The van der Waals surface area contributed by atoms with Gasteiger partial charge in [-0.05, 0) is 12.8 Å². The predicted octanol–water partition coefficient (Wildman–Crippen LogP) is 6.14. The average Bonchev–Trinajstić information content (AvgIpc) is 2.76. The van der Waals surface area contributed by atoms with E-state index < -0.39 is 70.4 Å². The lowest BCUT2D eigenvalue weighted by atomic mass is 9.70. The van der Waals surface area contributed by atoms with Crippen LogP contribution in [0.3, 0.4) is 0 Å². The molecular formula is C20H31F10NO3S. The Balaban J connectivity index is 3.12. The van der Waals surface area contributed by atoms with Crippen LogP contribution < -0.4 is 4.72 Å². The van der Waals surface area contributed by atoms with Crippen LogP contribution >= 0.6 is 0 Å². The average molecular weight is 556 g/mol. The van der Waals surface area contributed by atoms with Gasteiger partial charge in [0, 0.05) is 6.54 Å². The molecule has 0 radical (unpaired) electrons. The fourth-order valence-corrected chi connectivity index (χ4v) is 5.57. The number of halogens is 10. The largest absolute Gasteiger partial charge is 0.395 e. The van der Waals surface area contributed by atoms with Crippen molar-refractivity contribution < 1.29 is 57.4 Å². The molecule has 0 spiro atoms. The molecular weight excluding hydrogens is 524 g/mol. The summed E-state index contributed by atoms with van der Waals surface area (Å²) in [6.45, 7) is -0.717. The molecule has 2 N–H and O–H groups in total. The van der Waals surface area contributed by atoms with Crippen molar-refractivity contribution in [1.29, 1.82) is 0 Å². The van der Waals surface area contributed by atoms with E-state index in [1.165, 1.54) is 0 Å². The Kier molecular flexibility index (Phi) is 10.4. The number of sulfonamides is 1. The van der Waals surface area contributed by atoms with Crippen LogP contribution in [0.15, 0.2) is 0 Å². The van der Waals surface area contributed by atoms with Gasteiger partial charge in [0.25, 0.3) is 10.0 Å². The van der Waals surface area contributed by atoms with E-state index in [2.05, 4.69) is 0 Å². The Morgan fingerprint density at radius 3 is 1.37 bits per heavy atom. The molecule has 15 heteroatoms. The summed E-state index contributed by atoms with van der Waals surface area (Å²) in [7, 11) is -7.00. The second kappa shape index (κ2) is 11.3. The van der Waals surface area contributed by atoms with Crippen LogP contribution in [0.25, 0.3) is 0 Å². The van der Waals surface area contributed by atoms with Crippen LogP contribution in [-0.4, -0.2) is 61.0 Å². The van der Waals surface area contributed by atoms with Crippen molar-refractivity contribution in [3.8, 4) is 0 Å². The minimum atomic E-state index is -7.11. The smallest absolute Gasteiger partial charge is 0.369 e. The number of alkyl halides is 10. The molecule has 0 bridgehead atoms. The molecule has 0 aliphatic heterocycles. The third-order valence-electron chi connectivity index (χ3n) is 6.24. The van der Waals surface area contributed by atoms with Crippen molar-refractivity contribution in [2.24, 2.45) is 0 Å².